The molecule has 0 saturated heterocycles. The zero-order chi connectivity index (χ0) is 19.8. The predicted molar refractivity (Wildman–Crippen MR) is 109 cm³/mol. The standard InChI is InChI=1S/C23H20N2O3/c1-17(26)18-12-14-21(15-13-18)28-16-22(27)24-25-23(19-8-4-2-5-9-19)20-10-6-3-7-11-20/h2-15H,16H2,1H3,(H,24,27). The number of Topliss-reactive ketones (excluding diaryl/α,β-unsaturated/α-hetero) is 1. The zero-order valence-corrected chi connectivity index (χ0v) is 15.5. The van der Waals surface area contributed by atoms with Crippen molar-refractivity contribution < 1.29 is 14.3 Å². The largest absolute Gasteiger partial charge is 0.484 e. The molecule has 0 aliphatic rings. The number of ether oxygens (including phenoxy) is 1. The highest BCUT2D eigenvalue weighted by atomic mass is 16.5. The van der Waals surface area contributed by atoms with Crippen molar-refractivity contribution in [2.75, 3.05) is 6.61 Å². The molecule has 0 spiro atoms. The van der Waals surface area contributed by atoms with Crippen molar-refractivity contribution in [1.82, 2.24) is 5.43 Å². The molecule has 0 fully saturated rings. The molecule has 0 aliphatic heterocycles. The molecule has 140 valence electrons. The van der Waals surface area contributed by atoms with E-state index in [-0.39, 0.29) is 18.3 Å². The Morgan fingerprint density at radius 1 is 0.786 bits per heavy atom. The van der Waals surface area contributed by atoms with Crippen LogP contribution >= 0.6 is 0 Å². The first-order chi connectivity index (χ1) is 13.6. The van der Waals surface area contributed by atoms with Crippen LogP contribution in [0, 0.1) is 0 Å². The summed E-state index contributed by atoms with van der Waals surface area (Å²) in [5.41, 5.74) is 5.61. The van der Waals surface area contributed by atoms with Gasteiger partial charge in [-0.2, -0.15) is 5.10 Å². The molecule has 3 aromatic rings. The normalized spacial score (nSPS) is 10.0. The molecule has 3 rings (SSSR count). The van der Waals surface area contributed by atoms with E-state index in [1.165, 1.54) is 6.92 Å². The van der Waals surface area contributed by atoms with Crippen LogP contribution in [0.3, 0.4) is 0 Å². The number of carbonyl (C=O) groups excluding carboxylic acids is 2. The van der Waals surface area contributed by atoms with Crippen LogP contribution < -0.4 is 10.2 Å². The maximum atomic E-state index is 12.2. The Balaban J connectivity index is 1.67. The van der Waals surface area contributed by atoms with Gasteiger partial charge in [-0.05, 0) is 31.2 Å². The van der Waals surface area contributed by atoms with Gasteiger partial charge in [0.15, 0.2) is 12.4 Å². The highest BCUT2D eigenvalue weighted by Gasteiger charge is 2.08. The Morgan fingerprint density at radius 2 is 1.32 bits per heavy atom. The summed E-state index contributed by atoms with van der Waals surface area (Å²) in [6.45, 7) is 1.32. The summed E-state index contributed by atoms with van der Waals surface area (Å²) in [6, 6.07) is 25.9. The average molecular weight is 372 g/mol. The Labute approximate surface area is 163 Å². The van der Waals surface area contributed by atoms with Crippen LogP contribution in [-0.2, 0) is 4.79 Å². The minimum Gasteiger partial charge on any atom is -0.484 e. The fourth-order valence-electron chi connectivity index (χ4n) is 2.57. The number of carbonyl (C=O) groups is 2. The van der Waals surface area contributed by atoms with Gasteiger partial charge in [0, 0.05) is 16.7 Å². The van der Waals surface area contributed by atoms with Crippen molar-refractivity contribution in [2.24, 2.45) is 5.10 Å². The molecule has 3 aromatic carbocycles. The van der Waals surface area contributed by atoms with Gasteiger partial charge in [-0.15, -0.1) is 0 Å². The first-order valence-corrected chi connectivity index (χ1v) is 8.84. The van der Waals surface area contributed by atoms with E-state index in [0.29, 0.717) is 17.0 Å². The molecule has 0 atom stereocenters. The highest BCUT2D eigenvalue weighted by Crippen LogP contribution is 2.13. The quantitative estimate of drug-likeness (QED) is 0.389. The minimum absolute atomic E-state index is 0.0204. The lowest BCUT2D eigenvalue weighted by atomic mass is 10.0. The van der Waals surface area contributed by atoms with Gasteiger partial charge < -0.3 is 4.74 Å². The number of hydrogen-bond acceptors (Lipinski definition) is 4. The third-order valence-electron chi connectivity index (χ3n) is 4.02. The molecular weight excluding hydrogens is 352 g/mol. The van der Waals surface area contributed by atoms with Gasteiger partial charge in [0.1, 0.15) is 5.75 Å². The molecule has 0 unspecified atom stereocenters. The molecule has 0 aromatic heterocycles. The fourth-order valence-corrected chi connectivity index (χ4v) is 2.57. The van der Waals surface area contributed by atoms with E-state index in [1.807, 2.05) is 60.7 Å². The molecule has 0 saturated carbocycles. The van der Waals surface area contributed by atoms with Crippen LogP contribution in [0.2, 0.25) is 0 Å². The number of rotatable bonds is 7. The van der Waals surface area contributed by atoms with Gasteiger partial charge in [0.25, 0.3) is 5.91 Å². The first-order valence-electron chi connectivity index (χ1n) is 8.84. The Bertz CT molecular complexity index is 924. The smallest absolute Gasteiger partial charge is 0.277 e. The fraction of sp³-hybridized carbons (Fsp3) is 0.0870. The summed E-state index contributed by atoms with van der Waals surface area (Å²) in [5.74, 6) is 0.114. The Kier molecular flexibility index (Phi) is 6.31. The second kappa shape index (κ2) is 9.28. The maximum absolute atomic E-state index is 12.2. The van der Waals surface area contributed by atoms with Crippen molar-refractivity contribution in [3.63, 3.8) is 0 Å². The zero-order valence-electron chi connectivity index (χ0n) is 15.5. The van der Waals surface area contributed by atoms with E-state index in [9.17, 15) is 9.59 Å². The third kappa shape index (κ3) is 5.14. The molecule has 0 aliphatic carbocycles. The molecule has 5 heteroatoms. The second-order valence-corrected chi connectivity index (χ2v) is 6.10. The van der Waals surface area contributed by atoms with E-state index in [0.717, 1.165) is 11.1 Å². The summed E-state index contributed by atoms with van der Waals surface area (Å²) in [4.78, 5) is 23.4. The van der Waals surface area contributed by atoms with E-state index in [4.69, 9.17) is 4.74 Å². The van der Waals surface area contributed by atoms with Gasteiger partial charge in [-0.3, -0.25) is 9.59 Å². The van der Waals surface area contributed by atoms with Gasteiger partial charge in [0.2, 0.25) is 0 Å². The number of hydrogen-bond donors (Lipinski definition) is 1. The Hall–Kier alpha value is -3.73. The van der Waals surface area contributed by atoms with E-state index < -0.39 is 0 Å². The average Bonchev–Trinajstić information content (AvgIpc) is 2.74. The SMILES string of the molecule is CC(=O)c1ccc(OCC(=O)NN=C(c2ccccc2)c2ccccc2)cc1. The molecule has 1 N–H and O–H groups in total. The van der Waals surface area contributed by atoms with Crippen molar-refractivity contribution in [3.05, 3.63) is 102 Å². The molecule has 1 amide bonds. The number of nitrogens with one attached hydrogen (secondary N) is 1. The van der Waals surface area contributed by atoms with Gasteiger partial charge in [0.05, 0.1) is 5.71 Å². The van der Waals surface area contributed by atoms with Crippen molar-refractivity contribution >= 4 is 17.4 Å². The monoisotopic (exact) mass is 372 g/mol. The van der Waals surface area contributed by atoms with E-state index >= 15 is 0 Å². The van der Waals surface area contributed by atoms with Crippen LogP contribution in [0.5, 0.6) is 5.75 Å². The lowest BCUT2D eigenvalue weighted by Gasteiger charge is -2.09. The number of benzene rings is 3. The van der Waals surface area contributed by atoms with Gasteiger partial charge in [-0.1, -0.05) is 60.7 Å². The van der Waals surface area contributed by atoms with E-state index in [1.54, 1.807) is 24.3 Å². The number of hydrazone groups is 1. The van der Waals surface area contributed by atoms with Gasteiger partial charge in [-0.25, -0.2) is 5.43 Å². The topological polar surface area (TPSA) is 67.8 Å². The summed E-state index contributed by atoms with van der Waals surface area (Å²) in [7, 11) is 0. The Morgan fingerprint density at radius 3 is 1.82 bits per heavy atom. The molecule has 0 radical (unpaired) electrons. The number of nitrogens with zero attached hydrogens (tertiary/aromatic N) is 1. The second-order valence-electron chi connectivity index (χ2n) is 6.10. The van der Waals surface area contributed by atoms with Crippen molar-refractivity contribution in [1.29, 1.82) is 0 Å². The van der Waals surface area contributed by atoms with Crippen LogP contribution in [0.4, 0.5) is 0 Å². The lowest BCUT2D eigenvalue weighted by Crippen LogP contribution is -2.26. The summed E-state index contributed by atoms with van der Waals surface area (Å²) in [6.07, 6.45) is 0. The maximum Gasteiger partial charge on any atom is 0.277 e. The van der Waals surface area contributed by atoms with Gasteiger partial charge >= 0.3 is 0 Å². The molecular formula is C23H20N2O3. The van der Waals surface area contributed by atoms with Crippen molar-refractivity contribution in [3.8, 4) is 5.75 Å². The number of ketones is 1. The van der Waals surface area contributed by atoms with Crippen molar-refractivity contribution in [2.45, 2.75) is 6.92 Å². The van der Waals surface area contributed by atoms with Crippen LogP contribution in [0.25, 0.3) is 0 Å². The summed E-state index contributed by atoms with van der Waals surface area (Å²) >= 11 is 0. The molecule has 0 heterocycles. The van der Waals surface area contributed by atoms with Crippen LogP contribution in [-0.4, -0.2) is 24.0 Å². The minimum atomic E-state index is -0.375. The lowest BCUT2D eigenvalue weighted by molar-refractivity contribution is -0.123. The molecule has 0 bridgehead atoms. The number of amides is 1. The summed E-state index contributed by atoms with van der Waals surface area (Å²) < 4.78 is 5.45. The van der Waals surface area contributed by atoms with Crippen LogP contribution in [0.1, 0.15) is 28.4 Å². The third-order valence-corrected chi connectivity index (χ3v) is 4.02. The molecule has 28 heavy (non-hydrogen) atoms. The highest BCUT2D eigenvalue weighted by molar-refractivity contribution is 6.13. The predicted octanol–water partition coefficient (Wildman–Crippen LogP) is 3.84. The summed E-state index contributed by atoms with van der Waals surface area (Å²) in [5, 5.41) is 4.31. The molecule has 5 nitrogen and oxygen atoms in total. The van der Waals surface area contributed by atoms with E-state index in [2.05, 4.69) is 10.5 Å². The van der Waals surface area contributed by atoms with Crippen LogP contribution in [0.15, 0.2) is 90.0 Å². The first kappa shape index (κ1) is 19.0.